The topological polar surface area (TPSA) is 83.9 Å². The van der Waals surface area contributed by atoms with Crippen LogP contribution in [0.3, 0.4) is 0 Å². The summed E-state index contributed by atoms with van der Waals surface area (Å²) in [4.78, 5) is 12.9. The number of rotatable bonds is 6. The van der Waals surface area contributed by atoms with Crippen LogP contribution in [-0.2, 0) is 0 Å². The van der Waals surface area contributed by atoms with Gasteiger partial charge in [0.05, 0.1) is 27.6 Å². The van der Waals surface area contributed by atoms with Crippen LogP contribution in [0.2, 0.25) is 0 Å². The molecule has 1 aromatic heterocycles. The maximum absolute atomic E-state index is 12.9. The Balaban J connectivity index is 2.02. The third kappa shape index (κ3) is 3.09. The van der Waals surface area contributed by atoms with Gasteiger partial charge in [-0.25, -0.2) is 0 Å². The summed E-state index contributed by atoms with van der Waals surface area (Å²) in [6.07, 6.45) is 1.58. The van der Waals surface area contributed by atoms with Crippen LogP contribution in [0.4, 0.5) is 5.69 Å². The van der Waals surface area contributed by atoms with E-state index in [9.17, 15) is 4.79 Å². The lowest BCUT2D eigenvalue weighted by atomic mass is 9.99. The number of ketones is 1. The first-order chi connectivity index (χ1) is 12.6. The molecule has 3 aromatic rings. The smallest absolute Gasteiger partial charge is 0.203 e. The molecule has 0 atom stereocenters. The highest BCUT2D eigenvalue weighted by atomic mass is 16.5. The minimum atomic E-state index is -0.243. The van der Waals surface area contributed by atoms with Crippen LogP contribution >= 0.6 is 0 Å². The van der Waals surface area contributed by atoms with Crippen LogP contribution in [0, 0.1) is 0 Å². The van der Waals surface area contributed by atoms with Gasteiger partial charge in [0.25, 0.3) is 0 Å². The Labute approximate surface area is 151 Å². The van der Waals surface area contributed by atoms with Crippen molar-refractivity contribution in [3.8, 4) is 28.6 Å². The third-order valence-electron chi connectivity index (χ3n) is 4.03. The summed E-state index contributed by atoms with van der Waals surface area (Å²) in [5, 5.41) is 0. The summed E-state index contributed by atoms with van der Waals surface area (Å²) >= 11 is 0. The van der Waals surface area contributed by atoms with Crippen molar-refractivity contribution >= 4 is 11.5 Å². The number of carbonyl (C=O) groups is 1. The molecule has 2 N–H and O–H groups in total. The highest BCUT2D eigenvalue weighted by molar-refractivity contribution is 6.13. The lowest BCUT2D eigenvalue weighted by Gasteiger charge is -2.14. The first kappa shape index (κ1) is 17.4. The maximum atomic E-state index is 12.9. The fourth-order valence-electron chi connectivity index (χ4n) is 2.73. The van der Waals surface area contributed by atoms with Crippen molar-refractivity contribution in [2.45, 2.75) is 0 Å². The predicted molar refractivity (Wildman–Crippen MR) is 98.1 cm³/mol. The first-order valence-corrected chi connectivity index (χ1v) is 7.87. The van der Waals surface area contributed by atoms with E-state index in [1.807, 2.05) is 6.07 Å². The molecule has 0 unspecified atom stereocenters. The molecule has 1 heterocycles. The molecule has 0 spiro atoms. The Morgan fingerprint density at radius 1 is 0.962 bits per heavy atom. The van der Waals surface area contributed by atoms with Gasteiger partial charge in [-0.05, 0) is 36.4 Å². The number of anilines is 1. The van der Waals surface area contributed by atoms with Crippen molar-refractivity contribution in [3.63, 3.8) is 0 Å². The number of hydrogen-bond donors (Lipinski definition) is 1. The monoisotopic (exact) mass is 353 g/mol. The van der Waals surface area contributed by atoms with Crippen LogP contribution in [0.1, 0.15) is 15.9 Å². The van der Waals surface area contributed by atoms with E-state index in [0.29, 0.717) is 39.8 Å². The van der Waals surface area contributed by atoms with E-state index >= 15 is 0 Å². The Hall–Kier alpha value is -3.41. The molecule has 0 bridgehead atoms. The molecule has 0 saturated carbocycles. The zero-order chi connectivity index (χ0) is 18.7. The zero-order valence-electron chi connectivity index (χ0n) is 14.7. The molecule has 2 aromatic carbocycles. The zero-order valence-corrected chi connectivity index (χ0v) is 14.7. The highest BCUT2D eigenvalue weighted by Crippen LogP contribution is 2.39. The van der Waals surface area contributed by atoms with Gasteiger partial charge in [-0.2, -0.15) is 0 Å². The largest absolute Gasteiger partial charge is 0.493 e. The second kappa shape index (κ2) is 7.23. The van der Waals surface area contributed by atoms with E-state index in [2.05, 4.69) is 0 Å². The third-order valence-corrected chi connectivity index (χ3v) is 4.03. The van der Waals surface area contributed by atoms with Gasteiger partial charge in [0.1, 0.15) is 5.76 Å². The molecular weight excluding hydrogens is 334 g/mol. The second-order valence-electron chi connectivity index (χ2n) is 5.52. The molecule has 0 amide bonds. The van der Waals surface area contributed by atoms with Crippen molar-refractivity contribution in [1.82, 2.24) is 0 Å². The Bertz CT molecular complexity index is 906. The van der Waals surface area contributed by atoms with Gasteiger partial charge in [0, 0.05) is 22.4 Å². The molecule has 6 nitrogen and oxygen atoms in total. The number of hydrogen-bond acceptors (Lipinski definition) is 6. The lowest BCUT2D eigenvalue weighted by Crippen LogP contribution is -2.07. The number of nitrogen functional groups attached to an aromatic ring is 1. The summed E-state index contributed by atoms with van der Waals surface area (Å²) in [7, 11) is 4.50. The minimum Gasteiger partial charge on any atom is -0.493 e. The van der Waals surface area contributed by atoms with Crippen molar-refractivity contribution in [1.29, 1.82) is 0 Å². The number of ether oxygens (including phenoxy) is 3. The first-order valence-electron chi connectivity index (χ1n) is 7.87. The molecule has 134 valence electrons. The Morgan fingerprint density at radius 3 is 2.15 bits per heavy atom. The molecule has 0 fully saturated rings. The van der Waals surface area contributed by atoms with Crippen LogP contribution in [0.25, 0.3) is 11.3 Å². The van der Waals surface area contributed by atoms with Crippen molar-refractivity contribution in [2.75, 3.05) is 27.1 Å². The molecule has 6 heteroatoms. The SMILES string of the molecule is COc1cc(C(=O)c2ccc(-c3ccco3)cc2N)cc(OC)c1OC. The summed E-state index contributed by atoms with van der Waals surface area (Å²) in [5.41, 5.74) is 8.04. The Morgan fingerprint density at radius 2 is 1.65 bits per heavy atom. The summed E-state index contributed by atoms with van der Waals surface area (Å²) in [6, 6.07) is 12.0. The number of carbonyl (C=O) groups excluding carboxylic acids is 1. The average molecular weight is 353 g/mol. The predicted octanol–water partition coefficient (Wildman–Crippen LogP) is 3.79. The number of nitrogens with two attached hydrogens (primary N) is 1. The van der Waals surface area contributed by atoms with Gasteiger partial charge in [-0.15, -0.1) is 0 Å². The summed E-state index contributed by atoms with van der Waals surface area (Å²) in [5.74, 6) is 1.67. The van der Waals surface area contributed by atoms with Gasteiger partial charge >= 0.3 is 0 Å². The van der Waals surface area contributed by atoms with Crippen molar-refractivity contribution < 1.29 is 23.4 Å². The molecule has 0 saturated heterocycles. The summed E-state index contributed by atoms with van der Waals surface area (Å²) in [6.45, 7) is 0. The summed E-state index contributed by atoms with van der Waals surface area (Å²) < 4.78 is 21.2. The van der Waals surface area contributed by atoms with Gasteiger partial charge in [0.2, 0.25) is 5.75 Å². The van der Waals surface area contributed by atoms with Crippen LogP contribution in [0.15, 0.2) is 53.1 Å². The van der Waals surface area contributed by atoms with E-state index in [-0.39, 0.29) is 5.78 Å². The van der Waals surface area contributed by atoms with Crippen LogP contribution in [0.5, 0.6) is 17.2 Å². The van der Waals surface area contributed by atoms with Gasteiger partial charge in [0.15, 0.2) is 17.3 Å². The molecular formula is C20H19NO5. The molecule has 3 rings (SSSR count). The standard InChI is InChI=1S/C20H19NO5/c1-23-17-10-13(11-18(24-2)20(17)25-3)19(22)14-7-6-12(9-15(14)21)16-5-4-8-26-16/h4-11H,21H2,1-3H3. The van der Waals surface area contributed by atoms with Gasteiger partial charge < -0.3 is 24.4 Å². The van der Waals surface area contributed by atoms with E-state index in [1.54, 1.807) is 42.7 Å². The number of methoxy groups -OCH3 is 3. The van der Waals surface area contributed by atoms with E-state index in [0.717, 1.165) is 5.56 Å². The molecule has 0 aliphatic rings. The number of furan rings is 1. The number of benzene rings is 2. The van der Waals surface area contributed by atoms with Crippen LogP contribution < -0.4 is 19.9 Å². The Kier molecular flexibility index (Phi) is 4.84. The minimum absolute atomic E-state index is 0.243. The highest BCUT2D eigenvalue weighted by Gasteiger charge is 2.20. The van der Waals surface area contributed by atoms with E-state index < -0.39 is 0 Å². The quantitative estimate of drug-likeness (QED) is 0.536. The molecule has 0 aliphatic heterocycles. The van der Waals surface area contributed by atoms with Gasteiger partial charge in [-0.3, -0.25) is 4.79 Å². The van der Waals surface area contributed by atoms with Crippen LogP contribution in [-0.4, -0.2) is 27.1 Å². The van der Waals surface area contributed by atoms with Crippen molar-refractivity contribution in [2.24, 2.45) is 0 Å². The van der Waals surface area contributed by atoms with Gasteiger partial charge in [-0.1, -0.05) is 6.07 Å². The molecule has 0 radical (unpaired) electrons. The fourth-order valence-corrected chi connectivity index (χ4v) is 2.73. The van der Waals surface area contributed by atoms with E-state index in [4.69, 9.17) is 24.4 Å². The van der Waals surface area contributed by atoms with E-state index in [1.165, 1.54) is 21.3 Å². The average Bonchev–Trinajstić information content (AvgIpc) is 3.20. The second-order valence-corrected chi connectivity index (χ2v) is 5.52. The lowest BCUT2D eigenvalue weighted by molar-refractivity contribution is 0.103. The molecule has 26 heavy (non-hydrogen) atoms. The maximum Gasteiger partial charge on any atom is 0.203 e. The molecule has 0 aliphatic carbocycles. The fraction of sp³-hybridized carbons (Fsp3) is 0.150. The van der Waals surface area contributed by atoms with Crippen molar-refractivity contribution in [3.05, 3.63) is 59.9 Å². The normalized spacial score (nSPS) is 10.4.